The lowest BCUT2D eigenvalue weighted by Crippen LogP contribution is -2.08. The summed E-state index contributed by atoms with van der Waals surface area (Å²) in [6.07, 6.45) is 2.85. The quantitative estimate of drug-likeness (QED) is 0.757. The monoisotopic (exact) mass is 308 g/mol. The Labute approximate surface area is 136 Å². The van der Waals surface area contributed by atoms with Gasteiger partial charge in [-0.25, -0.2) is 4.98 Å². The molecule has 0 saturated carbocycles. The zero-order valence-corrected chi connectivity index (χ0v) is 13.1. The molecule has 0 aliphatic rings. The highest BCUT2D eigenvalue weighted by molar-refractivity contribution is 5.31. The van der Waals surface area contributed by atoms with Crippen LogP contribution in [0.1, 0.15) is 30.0 Å². The maximum absolute atomic E-state index is 10.5. The predicted molar refractivity (Wildman–Crippen MR) is 89.2 cm³/mol. The van der Waals surface area contributed by atoms with E-state index in [-0.39, 0.29) is 0 Å². The van der Waals surface area contributed by atoms with Gasteiger partial charge in [0.2, 0.25) is 0 Å². The van der Waals surface area contributed by atoms with Gasteiger partial charge in [-0.15, -0.1) is 0 Å². The fraction of sp³-hybridized carbons (Fsp3) is 0.211. The second-order valence-electron chi connectivity index (χ2n) is 5.32. The van der Waals surface area contributed by atoms with E-state index in [4.69, 9.17) is 4.74 Å². The molecule has 1 aromatic heterocycles. The Hall–Kier alpha value is -2.59. The van der Waals surface area contributed by atoms with Crippen LogP contribution in [0.3, 0.4) is 0 Å². The molecule has 0 amide bonds. The van der Waals surface area contributed by atoms with Crippen LogP contribution in [-0.4, -0.2) is 14.7 Å². The number of aliphatic hydroxyl groups excluding tert-OH is 1. The number of aromatic nitrogens is 2. The van der Waals surface area contributed by atoms with E-state index in [1.165, 1.54) is 0 Å². The molecule has 4 heteroatoms. The Kier molecular flexibility index (Phi) is 4.74. The summed E-state index contributed by atoms with van der Waals surface area (Å²) in [5.41, 5.74) is 1.93. The molecule has 0 fully saturated rings. The topological polar surface area (TPSA) is 47.3 Å². The Morgan fingerprint density at radius 1 is 1.09 bits per heavy atom. The van der Waals surface area contributed by atoms with Gasteiger partial charge in [-0.2, -0.15) is 0 Å². The molecule has 118 valence electrons. The van der Waals surface area contributed by atoms with Crippen molar-refractivity contribution in [2.75, 3.05) is 0 Å². The lowest BCUT2D eigenvalue weighted by Gasteiger charge is -2.13. The van der Waals surface area contributed by atoms with Crippen LogP contribution in [0.15, 0.2) is 67.0 Å². The van der Waals surface area contributed by atoms with E-state index in [9.17, 15) is 5.11 Å². The van der Waals surface area contributed by atoms with E-state index in [0.29, 0.717) is 12.4 Å². The molecule has 1 heterocycles. The number of benzene rings is 2. The van der Waals surface area contributed by atoms with E-state index < -0.39 is 6.10 Å². The summed E-state index contributed by atoms with van der Waals surface area (Å²) >= 11 is 0. The average Bonchev–Trinajstić information content (AvgIpc) is 3.09. The Morgan fingerprint density at radius 2 is 1.83 bits per heavy atom. The highest BCUT2D eigenvalue weighted by Crippen LogP contribution is 2.23. The molecule has 0 saturated heterocycles. The summed E-state index contributed by atoms with van der Waals surface area (Å²) in [6, 6.07) is 17.5. The minimum Gasteiger partial charge on any atom is -0.489 e. The highest BCUT2D eigenvalue weighted by Gasteiger charge is 2.15. The average molecular weight is 308 g/mol. The molecular formula is C19H20N2O2. The van der Waals surface area contributed by atoms with Crippen LogP contribution in [0.5, 0.6) is 5.75 Å². The lowest BCUT2D eigenvalue weighted by atomic mass is 10.1. The summed E-state index contributed by atoms with van der Waals surface area (Å²) < 4.78 is 7.69. The number of hydrogen-bond acceptors (Lipinski definition) is 3. The van der Waals surface area contributed by atoms with Gasteiger partial charge in [0, 0.05) is 18.9 Å². The molecule has 1 atom stereocenters. The Morgan fingerprint density at radius 3 is 2.52 bits per heavy atom. The summed E-state index contributed by atoms with van der Waals surface area (Å²) in [7, 11) is 0. The van der Waals surface area contributed by atoms with E-state index in [1.807, 2.05) is 72.3 Å². The van der Waals surface area contributed by atoms with E-state index in [0.717, 1.165) is 23.4 Å². The molecule has 0 spiro atoms. The summed E-state index contributed by atoms with van der Waals surface area (Å²) in [4.78, 5) is 4.24. The fourth-order valence-electron chi connectivity index (χ4n) is 2.47. The van der Waals surface area contributed by atoms with E-state index in [1.54, 1.807) is 6.20 Å². The molecule has 4 nitrogen and oxygen atoms in total. The number of hydrogen-bond donors (Lipinski definition) is 1. The van der Waals surface area contributed by atoms with E-state index >= 15 is 0 Å². The third kappa shape index (κ3) is 3.60. The normalized spacial score (nSPS) is 12.1. The Bertz CT molecular complexity index is 736. The van der Waals surface area contributed by atoms with Gasteiger partial charge < -0.3 is 14.4 Å². The maximum atomic E-state index is 10.5. The second-order valence-corrected chi connectivity index (χ2v) is 5.32. The molecule has 0 unspecified atom stereocenters. The predicted octanol–water partition coefficient (Wildman–Crippen LogP) is 3.56. The number of imidazole rings is 1. The van der Waals surface area contributed by atoms with Crippen molar-refractivity contribution in [3.8, 4) is 5.75 Å². The first-order valence-electron chi connectivity index (χ1n) is 7.73. The first kappa shape index (κ1) is 15.3. The van der Waals surface area contributed by atoms with Crippen LogP contribution in [0.4, 0.5) is 0 Å². The van der Waals surface area contributed by atoms with Gasteiger partial charge in [0.05, 0.1) is 0 Å². The van der Waals surface area contributed by atoms with Gasteiger partial charge in [0.25, 0.3) is 0 Å². The number of aryl methyl sites for hydroxylation is 1. The molecular weight excluding hydrogens is 288 g/mol. The zero-order valence-electron chi connectivity index (χ0n) is 13.1. The summed E-state index contributed by atoms with van der Waals surface area (Å²) in [5, 5.41) is 10.5. The number of aliphatic hydroxyl groups is 1. The molecule has 3 rings (SSSR count). The molecule has 1 N–H and O–H groups in total. The molecule has 0 aliphatic heterocycles. The summed E-state index contributed by atoms with van der Waals surface area (Å²) in [5.74, 6) is 1.44. The second kappa shape index (κ2) is 7.11. The van der Waals surface area contributed by atoms with Crippen molar-refractivity contribution in [1.82, 2.24) is 9.55 Å². The van der Waals surface area contributed by atoms with Gasteiger partial charge in [-0.05, 0) is 30.2 Å². The van der Waals surface area contributed by atoms with Gasteiger partial charge in [0.1, 0.15) is 24.3 Å². The third-order valence-electron chi connectivity index (χ3n) is 3.78. The van der Waals surface area contributed by atoms with Gasteiger partial charge in [-0.3, -0.25) is 0 Å². The van der Waals surface area contributed by atoms with Crippen LogP contribution in [0.25, 0.3) is 0 Å². The van der Waals surface area contributed by atoms with Crippen molar-refractivity contribution in [1.29, 1.82) is 0 Å². The zero-order chi connectivity index (χ0) is 16.1. The highest BCUT2D eigenvalue weighted by atomic mass is 16.5. The largest absolute Gasteiger partial charge is 0.489 e. The maximum Gasteiger partial charge on any atom is 0.142 e. The molecule has 3 aromatic rings. The molecule has 0 aliphatic carbocycles. The first-order chi connectivity index (χ1) is 11.3. The van der Waals surface area contributed by atoms with Gasteiger partial charge in [-0.1, -0.05) is 42.5 Å². The van der Waals surface area contributed by atoms with Gasteiger partial charge in [0.15, 0.2) is 0 Å². The molecule has 2 aromatic carbocycles. The number of nitrogens with zero attached hydrogens (tertiary/aromatic N) is 2. The SMILES string of the molecule is CCn1ccnc1[C@@H](O)c1ccc(OCc2ccccc2)cc1. The third-order valence-corrected chi connectivity index (χ3v) is 3.78. The van der Waals surface area contributed by atoms with Crippen molar-refractivity contribution in [2.45, 2.75) is 26.2 Å². The fourth-order valence-corrected chi connectivity index (χ4v) is 2.47. The molecule has 23 heavy (non-hydrogen) atoms. The van der Waals surface area contributed by atoms with Crippen LogP contribution in [-0.2, 0) is 13.2 Å². The molecule has 0 radical (unpaired) electrons. The first-order valence-corrected chi connectivity index (χ1v) is 7.73. The lowest BCUT2D eigenvalue weighted by molar-refractivity contribution is 0.204. The minimum absolute atomic E-state index is 0.531. The van der Waals surface area contributed by atoms with Crippen molar-refractivity contribution >= 4 is 0 Å². The van der Waals surface area contributed by atoms with Crippen LogP contribution in [0, 0.1) is 0 Å². The van der Waals surface area contributed by atoms with Gasteiger partial charge >= 0.3 is 0 Å². The number of ether oxygens (including phenoxy) is 1. The van der Waals surface area contributed by atoms with Crippen LogP contribution in [0.2, 0.25) is 0 Å². The van der Waals surface area contributed by atoms with Crippen molar-refractivity contribution in [3.63, 3.8) is 0 Å². The van der Waals surface area contributed by atoms with Crippen LogP contribution < -0.4 is 4.74 Å². The smallest absolute Gasteiger partial charge is 0.142 e. The number of rotatable bonds is 6. The van der Waals surface area contributed by atoms with Crippen molar-refractivity contribution in [3.05, 3.63) is 83.9 Å². The van der Waals surface area contributed by atoms with Crippen molar-refractivity contribution < 1.29 is 9.84 Å². The van der Waals surface area contributed by atoms with Crippen molar-refractivity contribution in [2.24, 2.45) is 0 Å². The summed E-state index contributed by atoms with van der Waals surface area (Å²) in [6.45, 7) is 3.34. The Balaban J connectivity index is 1.67. The minimum atomic E-state index is -0.729. The van der Waals surface area contributed by atoms with Crippen LogP contribution >= 0.6 is 0 Å². The van der Waals surface area contributed by atoms with E-state index in [2.05, 4.69) is 4.98 Å². The standard InChI is InChI=1S/C19H20N2O2/c1-2-21-13-12-20-19(21)18(22)16-8-10-17(11-9-16)23-14-15-6-4-3-5-7-15/h3-13,18,22H,2,14H2,1H3/t18-/m0/s1. The molecule has 0 bridgehead atoms.